The van der Waals surface area contributed by atoms with Gasteiger partial charge in [0, 0.05) is 0 Å². The Labute approximate surface area is 101 Å². The molecule has 0 heterocycles. The van der Waals surface area contributed by atoms with Crippen molar-refractivity contribution in [1.82, 2.24) is 0 Å². The zero-order valence-corrected chi connectivity index (χ0v) is 12.1. The molecule has 1 aliphatic rings. The van der Waals surface area contributed by atoms with Gasteiger partial charge in [0.1, 0.15) is 0 Å². The van der Waals surface area contributed by atoms with Crippen LogP contribution in [0.3, 0.4) is 0 Å². The number of hydrogen-bond donors (Lipinski definition) is 1. The van der Waals surface area contributed by atoms with Crippen molar-refractivity contribution in [2.75, 3.05) is 0 Å². The summed E-state index contributed by atoms with van der Waals surface area (Å²) in [5.74, 6) is -0.0160. The minimum absolute atomic E-state index is 0.313. The van der Waals surface area contributed by atoms with E-state index in [-0.39, 0.29) is 5.04 Å². The van der Waals surface area contributed by atoms with Crippen LogP contribution in [0.4, 0.5) is 0 Å². The first-order valence-electron chi connectivity index (χ1n) is 6.79. The van der Waals surface area contributed by atoms with Crippen LogP contribution in [0.1, 0.15) is 51.9 Å². The molecule has 0 aliphatic heterocycles. The van der Waals surface area contributed by atoms with Gasteiger partial charge in [0.2, 0.25) is 0 Å². The van der Waals surface area contributed by atoms with Gasteiger partial charge in [0.25, 0.3) is 0 Å². The van der Waals surface area contributed by atoms with Crippen LogP contribution in [0.2, 0.25) is 18.1 Å². The molecule has 0 radical (unpaired) electrons. The summed E-state index contributed by atoms with van der Waals surface area (Å²) in [5, 5.41) is 9.40. The van der Waals surface area contributed by atoms with E-state index in [9.17, 15) is 9.90 Å². The zero-order chi connectivity index (χ0) is 12.2. The molecule has 1 unspecified atom stereocenters. The van der Waals surface area contributed by atoms with Gasteiger partial charge in [0.15, 0.2) is 0 Å². The van der Waals surface area contributed by atoms with Crippen LogP contribution in [0.5, 0.6) is 0 Å². The lowest BCUT2D eigenvalue weighted by molar-refractivity contribution is -0.143. The van der Waals surface area contributed by atoms with Crippen molar-refractivity contribution in [3.05, 3.63) is 0 Å². The van der Waals surface area contributed by atoms with Crippen LogP contribution >= 0.6 is 0 Å². The van der Waals surface area contributed by atoms with Crippen LogP contribution in [0, 0.1) is 5.92 Å². The van der Waals surface area contributed by atoms with Crippen LogP contribution in [0.15, 0.2) is 0 Å². The molecule has 1 fully saturated rings. The Morgan fingerprint density at radius 1 is 1.38 bits per heavy atom. The Bertz CT molecular complexity index is 234. The Hall–Kier alpha value is -0.313. The second-order valence-corrected chi connectivity index (χ2v) is 8.92. The normalized spacial score (nSPS) is 21.2. The standard InChI is InChI=1S/C13H26O2Si/c1-4-5-10-13(12(14)15,16(2)3)11-8-6-7-9-11/h11,16H,4-10H2,1-3H3,(H,14,15). The predicted octanol–water partition coefficient (Wildman–Crippen LogP) is 3.68. The molecule has 0 aromatic rings. The second kappa shape index (κ2) is 5.85. The van der Waals surface area contributed by atoms with Gasteiger partial charge in [-0.15, -0.1) is 0 Å². The van der Waals surface area contributed by atoms with Crippen LogP contribution in [0.25, 0.3) is 0 Å². The average molecular weight is 242 g/mol. The van der Waals surface area contributed by atoms with Crippen molar-refractivity contribution < 1.29 is 9.90 Å². The molecule has 3 heteroatoms. The molecule has 0 aromatic carbocycles. The SMILES string of the molecule is CCCCC(C(=O)O)(C1CCCC1)[SiH](C)C. The van der Waals surface area contributed by atoms with E-state index in [1.165, 1.54) is 12.8 Å². The van der Waals surface area contributed by atoms with Gasteiger partial charge < -0.3 is 5.11 Å². The molecule has 16 heavy (non-hydrogen) atoms. The van der Waals surface area contributed by atoms with Crippen molar-refractivity contribution >= 4 is 14.8 Å². The van der Waals surface area contributed by atoms with Gasteiger partial charge in [0.05, 0.1) is 13.8 Å². The topological polar surface area (TPSA) is 37.3 Å². The highest BCUT2D eigenvalue weighted by atomic mass is 28.3. The largest absolute Gasteiger partial charge is 0.481 e. The Morgan fingerprint density at radius 2 is 1.94 bits per heavy atom. The fourth-order valence-corrected chi connectivity index (χ4v) is 5.95. The number of aliphatic carboxylic acids is 1. The Balaban J connectivity index is 2.90. The summed E-state index contributed by atoms with van der Waals surface area (Å²) in [6.07, 6.45) is 7.91. The smallest absolute Gasteiger partial charge is 0.306 e. The lowest BCUT2D eigenvalue weighted by atomic mass is 9.85. The summed E-state index contributed by atoms with van der Waals surface area (Å²) in [7, 11) is -1.16. The highest BCUT2D eigenvalue weighted by Crippen LogP contribution is 2.51. The molecule has 2 nitrogen and oxygen atoms in total. The molecule has 1 N–H and O–H groups in total. The van der Waals surface area contributed by atoms with Crippen LogP contribution < -0.4 is 0 Å². The zero-order valence-electron chi connectivity index (χ0n) is 11.0. The lowest BCUT2D eigenvalue weighted by Gasteiger charge is -2.38. The van der Waals surface area contributed by atoms with E-state index in [4.69, 9.17) is 0 Å². The molecule has 0 bridgehead atoms. The fraction of sp³-hybridized carbons (Fsp3) is 0.923. The monoisotopic (exact) mass is 242 g/mol. The number of hydrogen-bond acceptors (Lipinski definition) is 1. The van der Waals surface area contributed by atoms with Crippen molar-refractivity contribution in [2.45, 2.75) is 70.0 Å². The van der Waals surface area contributed by atoms with Gasteiger partial charge >= 0.3 is 5.97 Å². The third-order valence-corrected chi connectivity index (χ3v) is 7.52. The third kappa shape index (κ3) is 2.50. The highest BCUT2D eigenvalue weighted by molar-refractivity contribution is 6.64. The first-order valence-corrected chi connectivity index (χ1v) is 9.67. The van der Waals surface area contributed by atoms with E-state index >= 15 is 0 Å². The molecule has 0 saturated heterocycles. The van der Waals surface area contributed by atoms with Crippen LogP contribution in [-0.2, 0) is 4.79 Å². The number of rotatable bonds is 6. The predicted molar refractivity (Wildman–Crippen MR) is 70.7 cm³/mol. The first-order chi connectivity index (χ1) is 7.55. The van der Waals surface area contributed by atoms with Gasteiger partial charge in [-0.3, -0.25) is 4.79 Å². The molecule has 1 aliphatic carbocycles. The molecule has 0 aromatic heterocycles. The molecular weight excluding hydrogens is 216 g/mol. The maximum atomic E-state index is 11.8. The van der Waals surface area contributed by atoms with Gasteiger partial charge in [-0.25, -0.2) is 0 Å². The van der Waals surface area contributed by atoms with E-state index in [1.54, 1.807) is 0 Å². The summed E-state index contributed by atoms with van der Waals surface area (Å²) in [5.41, 5.74) is 0. The summed E-state index contributed by atoms with van der Waals surface area (Å²) in [6, 6.07) is 0. The Morgan fingerprint density at radius 3 is 2.31 bits per heavy atom. The van der Waals surface area contributed by atoms with Crippen molar-refractivity contribution in [3.63, 3.8) is 0 Å². The molecular formula is C13H26O2Si. The van der Waals surface area contributed by atoms with E-state index in [0.717, 1.165) is 32.1 Å². The van der Waals surface area contributed by atoms with E-state index in [2.05, 4.69) is 20.0 Å². The number of carboxylic acid groups (broad SMARTS) is 1. The van der Waals surface area contributed by atoms with E-state index in [1.807, 2.05) is 0 Å². The minimum Gasteiger partial charge on any atom is -0.481 e. The third-order valence-electron chi connectivity index (χ3n) is 4.46. The van der Waals surface area contributed by atoms with Crippen molar-refractivity contribution in [3.8, 4) is 0 Å². The summed E-state index contributed by atoms with van der Waals surface area (Å²) in [6.45, 7) is 6.60. The molecule has 1 atom stereocenters. The fourth-order valence-electron chi connectivity index (χ4n) is 3.40. The lowest BCUT2D eigenvalue weighted by Crippen LogP contribution is -2.41. The summed E-state index contributed by atoms with van der Waals surface area (Å²) in [4.78, 5) is 11.8. The molecule has 94 valence electrons. The molecule has 0 spiro atoms. The molecule has 1 rings (SSSR count). The minimum atomic E-state index is -1.16. The summed E-state index contributed by atoms with van der Waals surface area (Å²) >= 11 is 0. The number of carbonyl (C=O) groups is 1. The van der Waals surface area contributed by atoms with Crippen molar-refractivity contribution in [1.29, 1.82) is 0 Å². The van der Waals surface area contributed by atoms with E-state index < -0.39 is 14.8 Å². The molecule has 0 amide bonds. The van der Waals surface area contributed by atoms with Gasteiger partial charge in [-0.1, -0.05) is 45.7 Å². The van der Waals surface area contributed by atoms with Crippen molar-refractivity contribution in [2.24, 2.45) is 5.92 Å². The summed E-state index contributed by atoms with van der Waals surface area (Å²) < 4.78 is 0. The quantitative estimate of drug-likeness (QED) is 0.721. The first kappa shape index (κ1) is 13.8. The maximum Gasteiger partial charge on any atom is 0.306 e. The highest BCUT2D eigenvalue weighted by Gasteiger charge is 2.48. The van der Waals surface area contributed by atoms with Gasteiger partial charge in [-0.2, -0.15) is 0 Å². The van der Waals surface area contributed by atoms with E-state index in [0.29, 0.717) is 5.92 Å². The average Bonchev–Trinajstić information content (AvgIpc) is 2.71. The maximum absolute atomic E-state index is 11.8. The van der Waals surface area contributed by atoms with Gasteiger partial charge in [-0.05, 0) is 25.2 Å². The molecule has 1 saturated carbocycles. The Kier molecular flexibility index (Phi) is 5.03. The number of unbranched alkanes of at least 4 members (excludes halogenated alkanes) is 1. The van der Waals surface area contributed by atoms with Crippen LogP contribution in [-0.4, -0.2) is 19.9 Å². The second-order valence-electron chi connectivity index (χ2n) is 5.59. The number of carboxylic acids is 1.